The molecular weight excluding hydrogens is 624 g/mol. The van der Waals surface area contributed by atoms with Gasteiger partial charge in [0.15, 0.2) is 6.29 Å². The third-order valence-electron chi connectivity index (χ3n) is 5.98. The largest absolute Gasteiger partial charge is 0.472 e. The summed E-state index contributed by atoms with van der Waals surface area (Å²) in [6.07, 6.45) is -7.30. The monoisotopic (exact) mass is 662 g/mol. The van der Waals surface area contributed by atoms with E-state index in [2.05, 4.69) is 0 Å². The van der Waals surface area contributed by atoms with Crippen molar-refractivity contribution in [3.63, 3.8) is 0 Å². The Labute approximate surface area is 232 Å². The van der Waals surface area contributed by atoms with E-state index in [-0.39, 0.29) is 25.4 Å². The van der Waals surface area contributed by atoms with Crippen LogP contribution >= 0.6 is 30.8 Å². The maximum absolute atomic E-state index is 12.7. The highest BCUT2D eigenvalue weighted by atomic mass is 31.2. The predicted octanol–water partition coefficient (Wildman–Crippen LogP) is 2.51. The molecule has 0 spiro atoms. The summed E-state index contributed by atoms with van der Waals surface area (Å²) < 4.78 is 95.5. The van der Waals surface area contributed by atoms with Crippen molar-refractivity contribution in [2.45, 2.75) is 95.2 Å². The van der Waals surface area contributed by atoms with Crippen LogP contribution in [-0.2, 0) is 59.6 Å². The van der Waals surface area contributed by atoms with Crippen LogP contribution in [0.1, 0.15) is 40.0 Å². The van der Waals surface area contributed by atoms with Gasteiger partial charge < -0.3 is 38.3 Å². The lowest BCUT2D eigenvalue weighted by Gasteiger charge is -2.25. The SMILES string of the molecule is C[C@H]1C[C@H](OP(=O)(O)OC[C@H]2O[C@@H](C)C[C@@H]2OP(=O)(O)OC[C@H]2O[C@@H](C)C[C@@H]2OP(C)(=O)O)[C@@H](OP(C)(=O)O)O1. The Balaban J connectivity index is 1.54. The van der Waals surface area contributed by atoms with Gasteiger partial charge in [0.05, 0.1) is 37.6 Å². The molecule has 4 N–H and O–H groups in total. The molecule has 0 saturated carbocycles. The average molecular weight is 662 g/mol. The van der Waals surface area contributed by atoms with Crippen molar-refractivity contribution in [1.82, 2.24) is 0 Å². The van der Waals surface area contributed by atoms with Crippen molar-refractivity contribution >= 4 is 30.8 Å². The average Bonchev–Trinajstić information content (AvgIpc) is 3.38. The highest BCUT2D eigenvalue weighted by molar-refractivity contribution is 7.52. The Morgan fingerprint density at radius 2 is 0.975 bits per heavy atom. The van der Waals surface area contributed by atoms with Crippen molar-refractivity contribution in [2.75, 3.05) is 26.5 Å². The first kappa shape index (κ1) is 34.9. The molecule has 21 heteroatoms. The van der Waals surface area contributed by atoms with E-state index in [1.165, 1.54) is 0 Å². The van der Waals surface area contributed by atoms with Crippen LogP contribution in [0.3, 0.4) is 0 Å². The molecule has 0 aromatic rings. The highest BCUT2D eigenvalue weighted by Crippen LogP contribution is 2.52. The second-order valence-electron chi connectivity index (χ2n) is 10.2. The summed E-state index contributed by atoms with van der Waals surface area (Å²) in [6, 6.07) is 0. The van der Waals surface area contributed by atoms with Gasteiger partial charge in [-0.2, -0.15) is 0 Å². The van der Waals surface area contributed by atoms with Gasteiger partial charge in [-0.15, -0.1) is 0 Å². The first-order valence-corrected chi connectivity index (χ1v) is 19.5. The molecule has 0 radical (unpaired) electrons. The van der Waals surface area contributed by atoms with Gasteiger partial charge in [0.25, 0.3) is 0 Å². The zero-order valence-electron chi connectivity index (χ0n) is 22.6. The van der Waals surface area contributed by atoms with Gasteiger partial charge in [-0.05, 0) is 20.8 Å². The number of phosphoric ester groups is 2. The lowest BCUT2D eigenvalue weighted by atomic mass is 10.1. The molecule has 40 heavy (non-hydrogen) atoms. The second-order valence-corrected chi connectivity index (χ2v) is 16.6. The summed E-state index contributed by atoms with van der Waals surface area (Å²) in [7, 11) is -17.4. The summed E-state index contributed by atoms with van der Waals surface area (Å²) in [5.74, 6) is 0. The van der Waals surface area contributed by atoms with E-state index in [9.17, 15) is 37.8 Å². The smallest absolute Gasteiger partial charge is 0.370 e. The first-order chi connectivity index (χ1) is 18.2. The van der Waals surface area contributed by atoms with Crippen LogP contribution in [0.25, 0.3) is 0 Å². The van der Waals surface area contributed by atoms with Gasteiger partial charge in [0, 0.05) is 32.6 Å². The van der Waals surface area contributed by atoms with Gasteiger partial charge in [-0.3, -0.25) is 31.7 Å². The molecule has 3 aliphatic rings. The molecule has 13 atom stereocenters. The fraction of sp³-hybridized carbons (Fsp3) is 1.00. The maximum Gasteiger partial charge on any atom is 0.472 e. The molecule has 3 aliphatic heterocycles. The van der Waals surface area contributed by atoms with E-state index in [1.807, 2.05) is 0 Å². The minimum atomic E-state index is -4.78. The van der Waals surface area contributed by atoms with E-state index in [0.29, 0.717) is 0 Å². The first-order valence-electron chi connectivity index (χ1n) is 12.5. The Kier molecular flexibility index (Phi) is 11.8. The zero-order chi connectivity index (χ0) is 30.1. The molecule has 236 valence electrons. The lowest BCUT2D eigenvalue weighted by molar-refractivity contribution is -0.109. The molecule has 0 bridgehead atoms. The number of hydrogen-bond acceptors (Lipinski definition) is 13. The second kappa shape index (κ2) is 13.6. The van der Waals surface area contributed by atoms with Crippen LogP contribution in [0.4, 0.5) is 0 Å². The van der Waals surface area contributed by atoms with Gasteiger partial charge in [0.2, 0.25) is 0 Å². The van der Waals surface area contributed by atoms with Crippen molar-refractivity contribution in [2.24, 2.45) is 0 Å². The molecule has 0 aliphatic carbocycles. The summed E-state index contributed by atoms with van der Waals surface area (Å²) in [5, 5.41) is 0. The molecule has 3 heterocycles. The Bertz CT molecular complexity index is 1050. The van der Waals surface area contributed by atoms with Gasteiger partial charge >= 0.3 is 30.8 Å². The third kappa shape index (κ3) is 11.5. The molecule has 0 aromatic carbocycles. The lowest BCUT2D eigenvalue weighted by Crippen LogP contribution is -2.31. The summed E-state index contributed by atoms with van der Waals surface area (Å²) in [6.45, 7) is 5.87. The molecule has 0 amide bonds. The summed E-state index contributed by atoms with van der Waals surface area (Å²) in [4.78, 5) is 39.5. The fourth-order valence-electron chi connectivity index (χ4n) is 4.53. The van der Waals surface area contributed by atoms with Crippen molar-refractivity contribution < 1.29 is 79.2 Å². The van der Waals surface area contributed by atoms with E-state index in [4.69, 9.17) is 41.4 Å². The number of phosphoric acid groups is 2. The molecule has 0 aromatic heterocycles. The van der Waals surface area contributed by atoms with Crippen molar-refractivity contribution in [3.8, 4) is 0 Å². The third-order valence-corrected chi connectivity index (χ3v) is 9.26. The van der Waals surface area contributed by atoms with Gasteiger partial charge in [-0.1, -0.05) is 0 Å². The zero-order valence-corrected chi connectivity index (χ0v) is 26.2. The highest BCUT2D eigenvalue weighted by Gasteiger charge is 2.45. The quantitative estimate of drug-likeness (QED) is 0.196. The Morgan fingerprint density at radius 3 is 1.43 bits per heavy atom. The molecule has 3 rings (SSSR count). The van der Waals surface area contributed by atoms with E-state index < -0.39 is 93.1 Å². The van der Waals surface area contributed by atoms with Crippen LogP contribution in [0.5, 0.6) is 0 Å². The number of hydrogen-bond donors (Lipinski definition) is 4. The van der Waals surface area contributed by atoms with Gasteiger partial charge in [-0.25, -0.2) is 9.13 Å². The van der Waals surface area contributed by atoms with E-state index >= 15 is 0 Å². The standard InChI is InChI=1S/C19H38O17P4/c1-11-6-14(33-37(4,20)21)17(30-11)9-28-39(24,25)34-15-7-12(2)31-18(15)10-29-40(26,27)35-16-8-13(3)32-19(16)36-38(5,22)23/h11-19H,6-10H2,1-5H3,(H,20,21)(H,22,23)(H,24,25)(H,26,27)/t11-,12-,13-,14-,15-,16-,17+,18+,19+/m0/s1. The number of ether oxygens (including phenoxy) is 3. The minimum absolute atomic E-state index is 0.0792. The number of rotatable bonds is 14. The molecule has 3 saturated heterocycles. The van der Waals surface area contributed by atoms with Crippen molar-refractivity contribution in [3.05, 3.63) is 0 Å². The Hall–Kier alpha value is 0.400. The topological polar surface area (TPSA) is 232 Å². The maximum atomic E-state index is 12.7. The van der Waals surface area contributed by atoms with Crippen LogP contribution in [0.15, 0.2) is 0 Å². The van der Waals surface area contributed by atoms with E-state index in [0.717, 1.165) is 13.3 Å². The predicted molar refractivity (Wildman–Crippen MR) is 136 cm³/mol. The molecule has 4 unspecified atom stereocenters. The molecule has 17 nitrogen and oxygen atoms in total. The van der Waals surface area contributed by atoms with Crippen LogP contribution in [0, 0.1) is 0 Å². The van der Waals surface area contributed by atoms with Crippen LogP contribution < -0.4 is 0 Å². The van der Waals surface area contributed by atoms with Crippen molar-refractivity contribution in [1.29, 1.82) is 0 Å². The normalized spacial score (nSPS) is 40.8. The van der Waals surface area contributed by atoms with Crippen LogP contribution in [-0.4, -0.2) is 101 Å². The van der Waals surface area contributed by atoms with Crippen LogP contribution in [0.2, 0.25) is 0 Å². The van der Waals surface area contributed by atoms with Gasteiger partial charge in [0.1, 0.15) is 24.4 Å². The Morgan fingerprint density at radius 1 is 0.600 bits per heavy atom. The fourth-order valence-corrected chi connectivity index (χ4v) is 7.71. The molecule has 3 fully saturated rings. The summed E-state index contributed by atoms with van der Waals surface area (Å²) in [5.41, 5.74) is 0. The summed E-state index contributed by atoms with van der Waals surface area (Å²) >= 11 is 0. The van der Waals surface area contributed by atoms with E-state index in [1.54, 1.807) is 20.8 Å². The minimum Gasteiger partial charge on any atom is -0.370 e. The molecular formula is C19H38O17P4.